The molecule has 2 aromatic carbocycles. The number of rotatable bonds is 9. The Hall–Kier alpha value is -2.77. The monoisotopic (exact) mass is 439 g/mol. The molecule has 1 fully saturated rings. The molecule has 0 saturated carbocycles. The Morgan fingerprint density at radius 1 is 1.03 bits per heavy atom. The SMILES string of the molecule is CN=C(NCCCN1CCN(C)CC1c1ccccc1)NCc1ccc(OC)c(OC)c1. The van der Waals surface area contributed by atoms with E-state index < -0.39 is 0 Å². The molecule has 7 heteroatoms. The third-order valence-electron chi connectivity index (χ3n) is 5.92. The van der Waals surface area contributed by atoms with E-state index in [1.165, 1.54) is 5.56 Å². The van der Waals surface area contributed by atoms with Gasteiger partial charge in [0, 0.05) is 52.4 Å². The Bertz CT molecular complexity index is 859. The number of piperazine rings is 1. The van der Waals surface area contributed by atoms with Crippen molar-refractivity contribution in [1.29, 1.82) is 0 Å². The second-order valence-electron chi connectivity index (χ2n) is 8.12. The zero-order chi connectivity index (χ0) is 22.8. The van der Waals surface area contributed by atoms with Gasteiger partial charge in [-0.3, -0.25) is 9.89 Å². The number of ether oxygens (including phenoxy) is 2. The van der Waals surface area contributed by atoms with E-state index in [9.17, 15) is 0 Å². The van der Waals surface area contributed by atoms with Crippen LogP contribution < -0.4 is 20.1 Å². The van der Waals surface area contributed by atoms with Crippen molar-refractivity contribution < 1.29 is 9.47 Å². The molecule has 0 radical (unpaired) electrons. The second kappa shape index (κ2) is 12.3. The van der Waals surface area contributed by atoms with Crippen molar-refractivity contribution in [2.75, 3.05) is 61.0 Å². The van der Waals surface area contributed by atoms with Crippen LogP contribution >= 0.6 is 0 Å². The van der Waals surface area contributed by atoms with Gasteiger partial charge in [0.15, 0.2) is 17.5 Å². The number of benzene rings is 2. The summed E-state index contributed by atoms with van der Waals surface area (Å²) < 4.78 is 10.7. The molecular formula is C25H37N5O2. The Morgan fingerprint density at radius 3 is 2.53 bits per heavy atom. The third kappa shape index (κ3) is 6.61. The van der Waals surface area contributed by atoms with Gasteiger partial charge in [0.2, 0.25) is 0 Å². The maximum absolute atomic E-state index is 5.39. The van der Waals surface area contributed by atoms with Gasteiger partial charge in [-0.25, -0.2) is 0 Å². The van der Waals surface area contributed by atoms with E-state index in [0.717, 1.165) is 62.2 Å². The topological polar surface area (TPSA) is 61.4 Å². The molecule has 1 heterocycles. The van der Waals surface area contributed by atoms with Gasteiger partial charge in [0.05, 0.1) is 14.2 Å². The minimum absolute atomic E-state index is 0.456. The predicted molar refractivity (Wildman–Crippen MR) is 131 cm³/mol. The van der Waals surface area contributed by atoms with E-state index >= 15 is 0 Å². The number of guanidine groups is 1. The molecule has 0 aromatic heterocycles. The molecule has 1 aliphatic heterocycles. The first-order valence-corrected chi connectivity index (χ1v) is 11.3. The third-order valence-corrected chi connectivity index (χ3v) is 5.92. The van der Waals surface area contributed by atoms with E-state index in [-0.39, 0.29) is 0 Å². The molecule has 2 N–H and O–H groups in total. The quantitative estimate of drug-likeness (QED) is 0.356. The molecule has 0 amide bonds. The van der Waals surface area contributed by atoms with Crippen molar-refractivity contribution >= 4 is 5.96 Å². The number of likely N-dealkylation sites (N-methyl/N-ethyl adjacent to an activating group) is 1. The van der Waals surface area contributed by atoms with E-state index in [1.54, 1.807) is 21.3 Å². The average Bonchev–Trinajstić information content (AvgIpc) is 2.84. The van der Waals surface area contributed by atoms with Crippen LogP contribution in [0.4, 0.5) is 0 Å². The van der Waals surface area contributed by atoms with Crippen molar-refractivity contribution in [3.63, 3.8) is 0 Å². The van der Waals surface area contributed by atoms with E-state index in [4.69, 9.17) is 9.47 Å². The number of methoxy groups -OCH3 is 2. The van der Waals surface area contributed by atoms with Gasteiger partial charge in [0.25, 0.3) is 0 Å². The minimum Gasteiger partial charge on any atom is -0.493 e. The Balaban J connectivity index is 1.45. The lowest BCUT2D eigenvalue weighted by molar-refractivity contribution is 0.0891. The van der Waals surface area contributed by atoms with E-state index in [0.29, 0.717) is 12.6 Å². The van der Waals surface area contributed by atoms with Crippen LogP contribution in [-0.2, 0) is 6.54 Å². The maximum Gasteiger partial charge on any atom is 0.191 e. The smallest absolute Gasteiger partial charge is 0.191 e. The molecule has 0 spiro atoms. The first-order chi connectivity index (χ1) is 15.6. The Labute approximate surface area is 192 Å². The van der Waals surface area contributed by atoms with Gasteiger partial charge in [-0.05, 0) is 36.7 Å². The summed E-state index contributed by atoms with van der Waals surface area (Å²) in [5.41, 5.74) is 2.51. The molecule has 1 atom stereocenters. The highest BCUT2D eigenvalue weighted by molar-refractivity contribution is 5.79. The molecule has 0 aliphatic carbocycles. The van der Waals surface area contributed by atoms with Crippen molar-refractivity contribution in [2.45, 2.75) is 19.0 Å². The summed E-state index contributed by atoms with van der Waals surface area (Å²) in [6.07, 6.45) is 1.06. The fourth-order valence-corrected chi connectivity index (χ4v) is 4.10. The standard InChI is InChI=1S/C25H37N5O2/c1-26-25(28-18-20-11-12-23(31-3)24(17-20)32-4)27-13-8-14-30-16-15-29(2)19-22(30)21-9-6-5-7-10-21/h5-7,9-12,17,22H,8,13-16,18-19H2,1-4H3,(H2,26,27,28). The van der Waals surface area contributed by atoms with Crippen LogP contribution in [0, 0.1) is 0 Å². The maximum atomic E-state index is 5.39. The molecule has 3 rings (SSSR count). The first kappa shape index (κ1) is 23.9. The van der Waals surface area contributed by atoms with Crippen LogP contribution in [0.1, 0.15) is 23.6 Å². The van der Waals surface area contributed by atoms with Crippen molar-refractivity contribution in [2.24, 2.45) is 4.99 Å². The number of hydrogen-bond donors (Lipinski definition) is 2. The highest BCUT2D eigenvalue weighted by Crippen LogP contribution is 2.27. The lowest BCUT2D eigenvalue weighted by Crippen LogP contribution is -2.47. The lowest BCUT2D eigenvalue weighted by Gasteiger charge is -2.40. The molecule has 0 bridgehead atoms. The van der Waals surface area contributed by atoms with Crippen LogP contribution in [0.3, 0.4) is 0 Å². The summed E-state index contributed by atoms with van der Waals surface area (Å²) in [6, 6.07) is 17.2. The summed E-state index contributed by atoms with van der Waals surface area (Å²) in [4.78, 5) is 9.39. The van der Waals surface area contributed by atoms with Crippen LogP contribution in [0.5, 0.6) is 11.5 Å². The molecule has 174 valence electrons. The first-order valence-electron chi connectivity index (χ1n) is 11.3. The van der Waals surface area contributed by atoms with Crippen molar-refractivity contribution in [1.82, 2.24) is 20.4 Å². The van der Waals surface area contributed by atoms with Gasteiger partial charge in [-0.15, -0.1) is 0 Å². The van der Waals surface area contributed by atoms with Gasteiger partial charge in [-0.2, -0.15) is 0 Å². The van der Waals surface area contributed by atoms with Gasteiger partial charge in [0.1, 0.15) is 0 Å². The molecule has 1 aliphatic rings. The zero-order valence-corrected chi connectivity index (χ0v) is 19.8. The van der Waals surface area contributed by atoms with E-state index in [2.05, 4.69) is 62.8 Å². The second-order valence-corrected chi connectivity index (χ2v) is 8.12. The Kier molecular flexibility index (Phi) is 9.19. The highest BCUT2D eigenvalue weighted by Gasteiger charge is 2.25. The molecular weight excluding hydrogens is 402 g/mol. The highest BCUT2D eigenvalue weighted by atomic mass is 16.5. The predicted octanol–water partition coefficient (Wildman–Crippen LogP) is 2.75. The molecule has 32 heavy (non-hydrogen) atoms. The van der Waals surface area contributed by atoms with Gasteiger partial charge in [-0.1, -0.05) is 36.4 Å². The molecule has 1 unspecified atom stereocenters. The van der Waals surface area contributed by atoms with Crippen molar-refractivity contribution in [3.05, 3.63) is 59.7 Å². The number of aliphatic imine (C=N–C) groups is 1. The largest absolute Gasteiger partial charge is 0.493 e. The van der Waals surface area contributed by atoms with Crippen LogP contribution in [0.15, 0.2) is 53.5 Å². The Morgan fingerprint density at radius 2 is 1.81 bits per heavy atom. The fourth-order valence-electron chi connectivity index (χ4n) is 4.10. The average molecular weight is 440 g/mol. The molecule has 2 aromatic rings. The van der Waals surface area contributed by atoms with Crippen LogP contribution in [0.2, 0.25) is 0 Å². The summed E-state index contributed by atoms with van der Waals surface area (Å²) in [6.45, 7) is 5.89. The number of nitrogens with one attached hydrogen (secondary N) is 2. The number of hydrogen-bond acceptors (Lipinski definition) is 5. The summed E-state index contributed by atoms with van der Waals surface area (Å²) in [5.74, 6) is 2.27. The van der Waals surface area contributed by atoms with Gasteiger partial charge >= 0.3 is 0 Å². The van der Waals surface area contributed by atoms with Crippen LogP contribution in [0.25, 0.3) is 0 Å². The fraction of sp³-hybridized carbons (Fsp3) is 0.480. The normalized spacial score (nSPS) is 17.8. The van der Waals surface area contributed by atoms with Crippen molar-refractivity contribution in [3.8, 4) is 11.5 Å². The summed E-state index contributed by atoms with van der Waals surface area (Å²) in [7, 11) is 7.31. The van der Waals surface area contributed by atoms with Gasteiger partial charge < -0.3 is 25.0 Å². The minimum atomic E-state index is 0.456. The summed E-state index contributed by atoms with van der Waals surface area (Å²) >= 11 is 0. The molecule has 1 saturated heterocycles. The summed E-state index contributed by atoms with van der Waals surface area (Å²) in [5, 5.41) is 6.82. The molecule has 7 nitrogen and oxygen atoms in total. The van der Waals surface area contributed by atoms with Crippen LogP contribution in [-0.4, -0.2) is 76.8 Å². The number of nitrogens with zero attached hydrogens (tertiary/aromatic N) is 3. The zero-order valence-electron chi connectivity index (χ0n) is 19.8. The van der Waals surface area contributed by atoms with E-state index in [1.807, 2.05) is 18.2 Å². The lowest BCUT2D eigenvalue weighted by atomic mass is 10.0.